The molecule has 3 aromatic rings. The van der Waals surface area contributed by atoms with E-state index in [1.165, 1.54) is 0 Å². The van der Waals surface area contributed by atoms with Gasteiger partial charge in [-0.05, 0) is 60.9 Å². The van der Waals surface area contributed by atoms with E-state index in [2.05, 4.69) is 5.32 Å². The van der Waals surface area contributed by atoms with Crippen LogP contribution in [0.15, 0.2) is 84.9 Å². The molecule has 3 amide bonds. The Labute approximate surface area is 245 Å². The Bertz CT molecular complexity index is 1500. The number of nitrogens with zero attached hydrogens (tertiary/aromatic N) is 2. The highest BCUT2D eigenvalue weighted by atomic mass is 16.3. The van der Waals surface area contributed by atoms with E-state index in [1.54, 1.807) is 89.5 Å². The molecule has 0 radical (unpaired) electrons. The number of hydrogen-bond donors (Lipinski definition) is 4. The number of carbonyl (C=O) groups excluding carboxylic acids is 3. The maximum absolute atomic E-state index is 13.9. The van der Waals surface area contributed by atoms with Gasteiger partial charge in [0.1, 0.15) is 0 Å². The number of aliphatic hydroxyl groups is 2. The van der Waals surface area contributed by atoms with Gasteiger partial charge in [-0.15, -0.1) is 0 Å². The highest BCUT2D eigenvalue weighted by Gasteiger charge is 2.52. The molecule has 2 aliphatic rings. The molecule has 0 spiro atoms. The first-order chi connectivity index (χ1) is 20.2. The van der Waals surface area contributed by atoms with E-state index in [4.69, 9.17) is 5.73 Å². The number of likely N-dealkylation sites (tertiary alicyclic amines) is 1. The van der Waals surface area contributed by atoms with Crippen molar-refractivity contribution in [2.45, 2.75) is 44.4 Å². The summed E-state index contributed by atoms with van der Waals surface area (Å²) in [6.07, 6.45) is 5.21. The van der Waals surface area contributed by atoms with Gasteiger partial charge in [0.2, 0.25) is 5.91 Å². The quantitative estimate of drug-likeness (QED) is 0.229. The number of nitrogens with two attached hydrogens (primary N) is 1. The molecule has 2 aliphatic heterocycles. The van der Waals surface area contributed by atoms with Crippen molar-refractivity contribution in [2.24, 2.45) is 5.92 Å². The summed E-state index contributed by atoms with van der Waals surface area (Å²) in [4.78, 5) is 42.5. The van der Waals surface area contributed by atoms with Crippen LogP contribution in [0, 0.1) is 5.92 Å². The maximum Gasteiger partial charge on any atom is 0.264 e. The minimum atomic E-state index is -1.81. The molecule has 218 valence electrons. The van der Waals surface area contributed by atoms with Crippen molar-refractivity contribution in [3.63, 3.8) is 0 Å². The topological polar surface area (TPSA) is 136 Å². The number of benzene rings is 3. The van der Waals surface area contributed by atoms with Gasteiger partial charge in [-0.2, -0.15) is 0 Å². The molecule has 9 heteroatoms. The average Bonchev–Trinajstić information content (AvgIpc) is 3.56. The molecule has 0 aliphatic carbocycles. The molecule has 1 fully saturated rings. The van der Waals surface area contributed by atoms with E-state index in [-0.39, 0.29) is 37.4 Å². The Morgan fingerprint density at radius 3 is 2.64 bits per heavy atom. The largest absolute Gasteiger partial charge is 0.399 e. The van der Waals surface area contributed by atoms with E-state index in [1.807, 2.05) is 12.1 Å². The fraction of sp³-hybridized carbons (Fsp3) is 0.303. The first-order valence-electron chi connectivity index (χ1n) is 14.2. The number of para-hydroxylation sites is 1. The number of nitrogen functional groups attached to an aromatic ring is 1. The smallest absolute Gasteiger partial charge is 0.264 e. The number of carbonyl (C=O) groups is 3. The SMILES string of the molecule is C[C@H](/C=C/CC(=O)N1CCC[C@H]1CO)[C@@]1(O)C(=O)N(Cc2cccc(NC(=O)c3ccc(N)cc3)c2)c2ccccc21. The van der Waals surface area contributed by atoms with Crippen LogP contribution < -0.4 is 16.0 Å². The summed E-state index contributed by atoms with van der Waals surface area (Å²) in [5.74, 6) is -1.42. The minimum Gasteiger partial charge on any atom is -0.399 e. The van der Waals surface area contributed by atoms with Gasteiger partial charge >= 0.3 is 0 Å². The summed E-state index contributed by atoms with van der Waals surface area (Å²) < 4.78 is 0. The fourth-order valence-electron chi connectivity index (χ4n) is 5.81. The molecule has 5 rings (SSSR count). The third-order valence-corrected chi connectivity index (χ3v) is 8.16. The van der Waals surface area contributed by atoms with Gasteiger partial charge in [0.15, 0.2) is 5.60 Å². The van der Waals surface area contributed by atoms with E-state index >= 15 is 0 Å². The van der Waals surface area contributed by atoms with Crippen LogP contribution in [-0.4, -0.2) is 52.0 Å². The van der Waals surface area contributed by atoms with Gasteiger partial charge in [0.05, 0.1) is 24.9 Å². The maximum atomic E-state index is 13.9. The van der Waals surface area contributed by atoms with Gasteiger partial charge in [0, 0.05) is 41.4 Å². The van der Waals surface area contributed by atoms with Gasteiger partial charge in [-0.25, -0.2) is 0 Å². The molecule has 3 atom stereocenters. The standard InChI is InChI=1S/C33H36N4O5/c1-22(7-4-13-30(39)36-18-6-10-27(36)21-38)33(42)28-11-2-3-12-29(28)37(32(33)41)20-23-8-5-9-26(19-23)35-31(40)24-14-16-25(34)17-15-24/h2-5,7-9,11-12,14-17,19,22,27,38,42H,6,10,13,18,20-21,34H2,1H3,(H,35,40)/b7-4+/t22-,27+,33+/m1/s1. The van der Waals surface area contributed by atoms with Crippen molar-refractivity contribution < 1.29 is 24.6 Å². The Kier molecular flexibility index (Phi) is 8.42. The van der Waals surface area contributed by atoms with E-state index in [0.717, 1.165) is 18.4 Å². The van der Waals surface area contributed by atoms with E-state index in [0.29, 0.717) is 34.7 Å². The van der Waals surface area contributed by atoms with E-state index in [9.17, 15) is 24.6 Å². The number of nitrogens with one attached hydrogen (secondary N) is 1. The number of rotatable bonds is 9. The van der Waals surface area contributed by atoms with Crippen LogP contribution in [0.1, 0.15) is 47.7 Å². The van der Waals surface area contributed by atoms with Crippen molar-refractivity contribution in [2.75, 3.05) is 29.1 Å². The highest BCUT2D eigenvalue weighted by molar-refractivity contribution is 6.07. The van der Waals surface area contributed by atoms with Crippen LogP contribution in [0.25, 0.3) is 0 Å². The Balaban J connectivity index is 1.31. The van der Waals surface area contributed by atoms with Gasteiger partial charge in [-0.1, -0.05) is 49.4 Å². The van der Waals surface area contributed by atoms with Crippen molar-refractivity contribution in [1.29, 1.82) is 0 Å². The molecular formula is C33H36N4O5. The third kappa shape index (κ3) is 5.66. The monoisotopic (exact) mass is 568 g/mol. The number of hydrogen-bond acceptors (Lipinski definition) is 6. The van der Waals surface area contributed by atoms with Gasteiger partial charge in [-0.3, -0.25) is 14.4 Å². The number of anilines is 3. The molecule has 42 heavy (non-hydrogen) atoms. The summed E-state index contributed by atoms with van der Waals surface area (Å²) in [7, 11) is 0. The van der Waals surface area contributed by atoms with Crippen LogP contribution in [0.4, 0.5) is 17.1 Å². The summed E-state index contributed by atoms with van der Waals surface area (Å²) in [5.41, 5.74) is 7.42. The Morgan fingerprint density at radius 2 is 1.88 bits per heavy atom. The van der Waals surface area contributed by atoms with Crippen LogP contribution in [-0.2, 0) is 21.7 Å². The minimum absolute atomic E-state index is 0.0510. The summed E-state index contributed by atoms with van der Waals surface area (Å²) >= 11 is 0. The Hall–Kier alpha value is -4.47. The number of fused-ring (bicyclic) bond motifs is 1. The van der Waals surface area contributed by atoms with Crippen molar-refractivity contribution >= 4 is 34.8 Å². The first kappa shape index (κ1) is 29.0. The zero-order valence-electron chi connectivity index (χ0n) is 23.6. The average molecular weight is 569 g/mol. The second-order valence-electron chi connectivity index (χ2n) is 10.9. The molecule has 3 aromatic carbocycles. The lowest BCUT2D eigenvalue weighted by Crippen LogP contribution is -2.44. The summed E-state index contributed by atoms with van der Waals surface area (Å²) in [6, 6.07) is 20.9. The predicted octanol–water partition coefficient (Wildman–Crippen LogP) is 3.82. The zero-order chi connectivity index (χ0) is 29.9. The Morgan fingerprint density at radius 1 is 1.12 bits per heavy atom. The van der Waals surface area contributed by atoms with Crippen LogP contribution in [0.5, 0.6) is 0 Å². The van der Waals surface area contributed by atoms with Crippen LogP contribution in [0.2, 0.25) is 0 Å². The van der Waals surface area contributed by atoms with Gasteiger partial charge in [0.25, 0.3) is 11.8 Å². The molecular weight excluding hydrogens is 532 g/mol. The normalized spacial score (nSPS) is 20.6. The molecule has 2 heterocycles. The van der Waals surface area contributed by atoms with Crippen LogP contribution >= 0.6 is 0 Å². The molecule has 0 saturated carbocycles. The molecule has 9 nitrogen and oxygen atoms in total. The summed E-state index contributed by atoms with van der Waals surface area (Å²) in [6.45, 7) is 2.53. The van der Waals surface area contributed by atoms with Crippen molar-refractivity contribution in [1.82, 2.24) is 4.90 Å². The second-order valence-corrected chi connectivity index (χ2v) is 10.9. The first-order valence-corrected chi connectivity index (χ1v) is 14.2. The molecule has 0 bridgehead atoms. The lowest BCUT2D eigenvalue weighted by Gasteiger charge is -2.28. The van der Waals surface area contributed by atoms with Crippen molar-refractivity contribution in [3.05, 3.63) is 102 Å². The van der Waals surface area contributed by atoms with E-state index < -0.39 is 17.4 Å². The predicted molar refractivity (Wildman–Crippen MR) is 162 cm³/mol. The number of amides is 3. The molecule has 5 N–H and O–H groups in total. The van der Waals surface area contributed by atoms with Crippen molar-refractivity contribution in [3.8, 4) is 0 Å². The molecule has 1 saturated heterocycles. The van der Waals surface area contributed by atoms with Gasteiger partial charge < -0.3 is 31.1 Å². The molecule has 0 aromatic heterocycles. The lowest BCUT2D eigenvalue weighted by atomic mass is 9.83. The third-order valence-electron chi connectivity index (χ3n) is 8.16. The van der Waals surface area contributed by atoms with Crippen LogP contribution in [0.3, 0.4) is 0 Å². The molecule has 0 unspecified atom stereocenters. The fourth-order valence-corrected chi connectivity index (χ4v) is 5.81. The second kappa shape index (κ2) is 12.2. The lowest BCUT2D eigenvalue weighted by molar-refractivity contribution is -0.139. The zero-order valence-corrected chi connectivity index (χ0v) is 23.6. The highest BCUT2D eigenvalue weighted by Crippen LogP contribution is 2.45. The summed E-state index contributed by atoms with van der Waals surface area (Å²) in [5, 5.41) is 24.3. The number of aliphatic hydroxyl groups excluding tert-OH is 1.